The van der Waals surface area contributed by atoms with E-state index in [1.807, 2.05) is 12.1 Å². The zero-order chi connectivity index (χ0) is 14.7. The molecule has 2 aromatic carbocycles. The molecule has 1 atom stereocenters. The van der Waals surface area contributed by atoms with Gasteiger partial charge in [0.15, 0.2) is 0 Å². The molecule has 1 aliphatic carbocycles. The Kier molecular flexibility index (Phi) is 4.26. The number of ether oxygens (including phenoxy) is 1. The number of nitrogens with one attached hydrogen (secondary N) is 1. The van der Waals surface area contributed by atoms with E-state index in [-0.39, 0.29) is 6.04 Å². The molecule has 1 aliphatic rings. The largest absolute Gasteiger partial charge is 0.497 e. The summed E-state index contributed by atoms with van der Waals surface area (Å²) >= 11 is 0. The average molecular weight is 281 g/mol. The van der Waals surface area contributed by atoms with Crippen molar-refractivity contribution in [1.29, 1.82) is 0 Å². The highest BCUT2D eigenvalue weighted by atomic mass is 16.5. The van der Waals surface area contributed by atoms with E-state index in [9.17, 15) is 0 Å². The molecule has 1 N–H and O–H groups in total. The number of methoxy groups -OCH3 is 1. The minimum Gasteiger partial charge on any atom is -0.497 e. The Hall–Kier alpha value is -1.80. The van der Waals surface area contributed by atoms with E-state index in [2.05, 4.69) is 42.6 Å². The molecule has 0 saturated heterocycles. The first-order chi connectivity index (χ1) is 10.3. The smallest absolute Gasteiger partial charge is 0.118 e. The van der Waals surface area contributed by atoms with Gasteiger partial charge in [-0.15, -0.1) is 0 Å². The van der Waals surface area contributed by atoms with E-state index in [1.165, 1.54) is 41.5 Å². The van der Waals surface area contributed by atoms with E-state index in [0.717, 1.165) is 12.3 Å². The molecule has 2 heteroatoms. The quantitative estimate of drug-likeness (QED) is 0.898. The van der Waals surface area contributed by atoms with E-state index < -0.39 is 0 Å². The summed E-state index contributed by atoms with van der Waals surface area (Å²) < 4.78 is 5.25. The molecule has 0 spiro atoms. The number of rotatable bonds is 5. The Morgan fingerprint density at radius 3 is 2.43 bits per heavy atom. The first-order valence-electron chi connectivity index (χ1n) is 7.81. The second kappa shape index (κ2) is 6.31. The standard InChI is InChI=1S/C19H23NO/c1-3-20-19(15-9-11-18(21-2)12-10-15)17-8-7-14-5-4-6-16(14)13-17/h7-13,19-20H,3-6H2,1-2H3. The van der Waals surface area contributed by atoms with E-state index >= 15 is 0 Å². The van der Waals surface area contributed by atoms with Crippen LogP contribution in [0.5, 0.6) is 5.75 Å². The van der Waals surface area contributed by atoms with Crippen molar-refractivity contribution in [2.45, 2.75) is 32.2 Å². The van der Waals surface area contributed by atoms with Gasteiger partial charge in [-0.3, -0.25) is 0 Å². The topological polar surface area (TPSA) is 21.3 Å². The predicted octanol–water partition coefficient (Wildman–Crippen LogP) is 3.88. The number of fused-ring (bicyclic) bond motifs is 1. The lowest BCUT2D eigenvalue weighted by Crippen LogP contribution is -2.22. The first-order valence-corrected chi connectivity index (χ1v) is 7.81. The van der Waals surface area contributed by atoms with Gasteiger partial charge in [-0.2, -0.15) is 0 Å². The second-order valence-electron chi connectivity index (χ2n) is 5.65. The predicted molar refractivity (Wildman–Crippen MR) is 87.0 cm³/mol. The highest BCUT2D eigenvalue weighted by molar-refractivity contribution is 5.41. The van der Waals surface area contributed by atoms with Crippen LogP contribution in [0.3, 0.4) is 0 Å². The fourth-order valence-corrected chi connectivity index (χ4v) is 3.20. The van der Waals surface area contributed by atoms with Crippen LogP contribution in [0.1, 0.15) is 41.6 Å². The summed E-state index contributed by atoms with van der Waals surface area (Å²) in [7, 11) is 1.71. The van der Waals surface area contributed by atoms with Gasteiger partial charge in [-0.25, -0.2) is 0 Å². The Morgan fingerprint density at radius 1 is 1.00 bits per heavy atom. The summed E-state index contributed by atoms with van der Waals surface area (Å²) in [6, 6.07) is 15.6. The van der Waals surface area contributed by atoms with Gasteiger partial charge >= 0.3 is 0 Å². The molecule has 0 amide bonds. The molecule has 0 radical (unpaired) electrons. The third kappa shape index (κ3) is 2.96. The van der Waals surface area contributed by atoms with Gasteiger partial charge in [0.2, 0.25) is 0 Å². The number of aryl methyl sites for hydroxylation is 2. The van der Waals surface area contributed by atoms with E-state index in [0.29, 0.717) is 0 Å². The van der Waals surface area contributed by atoms with Crippen LogP contribution in [-0.2, 0) is 12.8 Å². The monoisotopic (exact) mass is 281 g/mol. The minimum atomic E-state index is 0.256. The van der Waals surface area contributed by atoms with Crippen LogP contribution < -0.4 is 10.1 Å². The van der Waals surface area contributed by atoms with Crippen molar-refractivity contribution in [2.24, 2.45) is 0 Å². The minimum absolute atomic E-state index is 0.256. The molecule has 0 heterocycles. The van der Waals surface area contributed by atoms with E-state index in [4.69, 9.17) is 4.74 Å². The lowest BCUT2D eigenvalue weighted by molar-refractivity contribution is 0.414. The van der Waals surface area contributed by atoms with Gasteiger partial charge in [-0.05, 0) is 60.2 Å². The lowest BCUT2D eigenvalue weighted by Gasteiger charge is -2.20. The first kappa shape index (κ1) is 14.2. The Morgan fingerprint density at radius 2 is 1.71 bits per heavy atom. The fourth-order valence-electron chi connectivity index (χ4n) is 3.20. The normalized spacial score (nSPS) is 14.8. The maximum atomic E-state index is 5.25. The molecule has 3 rings (SSSR count). The van der Waals surface area contributed by atoms with Crippen LogP contribution in [-0.4, -0.2) is 13.7 Å². The fraction of sp³-hybridized carbons (Fsp3) is 0.368. The van der Waals surface area contributed by atoms with Crippen LogP contribution in [0, 0.1) is 0 Å². The van der Waals surface area contributed by atoms with Crippen molar-refractivity contribution in [3.63, 3.8) is 0 Å². The van der Waals surface area contributed by atoms with Crippen molar-refractivity contribution in [3.8, 4) is 5.75 Å². The van der Waals surface area contributed by atoms with Crippen molar-refractivity contribution in [3.05, 3.63) is 64.7 Å². The zero-order valence-corrected chi connectivity index (χ0v) is 12.9. The summed E-state index contributed by atoms with van der Waals surface area (Å²) in [6.07, 6.45) is 3.77. The summed E-state index contributed by atoms with van der Waals surface area (Å²) in [4.78, 5) is 0. The summed E-state index contributed by atoms with van der Waals surface area (Å²) in [6.45, 7) is 3.11. The van der Waals surface area contributed by atoms with Gasteiger partial charge in [0.25, 0.3) is 0 Å². The van der Waals surface area contributed by atoms with Gasteiger partial charge in [0, 0.05) is 0 Å². The SMILES string of the molecule is CCNC(c1ccc(OC)cc1)c1ccc2c(c1)CCC2. The third-order valence-electron chi connectivity index (χ3n) is 4.31. The Labute approximate surface area is 127 Å². The molecule has 0 aromatic heterocycles. The number of benzene rings is 2. The molecule has 21 heavy (non-hydrogen) atoms. The summed E-state index contributed by atoms with van der Waals surface area (Å²) in [5, 5.41) is 3.60. The highest BCUT2D eigenvalue weighted by Gasteiger charge is 2.17. The second-order valence-corrected chi connectivity index (χ2v) is 5.65. The maximum absolute atomic E-state index is 5.25. The summed E-state index contributed by atoms with van der Waals surface area (Å²) in [5.74, 6) is 0.906. The highest BCUT2D eigenvalue weighted by Crippen LogP contribution is 2.29. The average Bonchev–Trinajstić information content (AvgIpc) is 3.00. The molecule has 0 bridgehead atoms. The molecule has 0 aliphatic heterocycles. The van der Waals surface area contributed by atoms with Crippen LogP contribution >= 0.6 is 0 Å². The van der Waals surface area contributed by atoms with Crippen LogP contribution in [0.2, 0.25) is 0 Å². The van der Waals surface area contributed by atoms with Crippen molar-refractivity contribution in [1.82, 2.24) is 5.32 Å². The van der Waals surface area contributed by atoms with Gasteiger partial charge in [-0.1, -0.05) is 37.3 Å². The molecule has 0 saturated carbocycles. The van der Waals surface area contributed by atoms with Crippen LogP contribution in [0.25, 0.3) is 0 Å². The van der Waals surface area contributed by atoms with Gasteiger partial charge in [0.1, 0.15) is 5.75 Å². The van der Waals surface area contributed by atoms with Crippen molar-refractivity contribution < 1.29 is 4.74 Å². The number of hydrogen-bond acceptors (Lipinski definition) is 2. The van der Waals surface area contributed by atoms with Crippen LogP contribution in [0.4, 0.5) is 0 Å². The van der Waals surface area contributed by atoms with E-state index in [1.54, 1.807) is 7.11 Å². The lowest BCUT2D eigenvalue weighted by atomic mass is 9.95. The molecule has 2 nitrogen and oxygen atoms in total. The molecular weight excluding hydrogens is 258 g/mol. The Balaban J connectivity index is 1.93. The van der Waals surface area contributed by atoms with Crippen molar-refractivity contribution >= 4 is 0 Å². The van der Waals surface area contributed by atoms with Crippen molar-refractivity contribution in [2.75, 3.05) is 13.7 Å². The summed E-state index contributed by atoms with van der Waals surface area (Å²) in [5.41, 5.74) is 5.71. The number of hydrogen-bond donors (Lipinski definition) is 1. The molecule has 1 unspecified atom stereocenters. The van der Waals surface area contributed by atoms with Gasteiger partial charge < -0.3 is 10.1 Å². The molecule has 110 valence electrons. The third-order valence-corrected chi connectivity index (χ3v) is 4.31. The van der Waals surface area contributed by atoms with Gasteiger partial charge in [0.05, 0.1) is 13.2 Å². The molecule has 0 fully saturated rings. The van der Waals surface area contributed by atoms with Crippen LogP contribution in [0.15, 0.2) is 42.5 Å². The molecule has 2 aromatic rings. The molecular formula is C19H23NO. The maximum Gasteiger partial charge on any atom is 0.118 e. The Bertz CT molecular complexity index is 603. The zero-order valence-electron chi connectivity index (χ0n) is 12.9.